The number of rotatable bonds is 3. The van der Waals surface area contributed by atoms with Gasteiger partial charge in [0, 0.05) is 5.56 Å². The highest BCUT2D eigenvalue weighted by molar-refractivity contribution is 7.97. The molecule has 0 unspecified atom stereocenters. The lowest BCUT2D eigenvalue weighted by Gasteiger charge is -2.01. The highest BCUT2D eigenvalue weighted by atomic mass is 32.2. The first-order valence-corrected chi connectivity index (χ1v) is 9.23. The summed E-state index contributed by atoms with van der Waals surface area (Å²) in [5.41, 5.74) is 2.11. The average Bonchev–Trinajstić information content (AvgIpc) is 2.97. The molecule has 1 aromatic rings. The molecule has 0 N–H and O–H groups in total. The molecule has 0 aromatic heterocycles. The van der Waals surface area contributed by atoms with Crippen molar-refractivity contribution in [1.29, 1.82) is 0 Å². The third-order valence-electron chi connectivity index (χ3n) is 2.82. The Bertz CT molecular complexity index is 337. The van der Waals surface area contributed by atoms with E-state index in [1.165, 1.54) is 29.9 Å². The van der Waals surface area contributed by atoms with Crippen LogP contribution in [-0.2, 0) is 10.9 Å². The van der Waals surface area contributed by atoms with Gasteiger partial charge in [-0.05, 0) is 30.7 Å². The smallest absolute Gasteiger partial charge is 0.211 e. The Labute approximate surface area is 122 Å². The van der Waals surface area contributed by atoms with Crippen molar-refractivity contribution >= 4 is 16.7 Å². The molecule has 0 spiro atoms. The fourth-order valence-corrected chi connectivity index (χ4v) is 4.12. The first kappa shape index (κ1) is 18.2. The van der Waals surface area contributed by atoms with Crippen LogP contribution in [0.1, 0.15) is 56.5 Å². The van der Waals surface area contributed by atoms with Gasteiger partial charge in [-0.15, -0.1) is 0 Å². The van der Waals surface area contributed by atoms with Gasteiger partial charge in [0.25, 0.3) is 0 Å². The molecule has 1 aliphatic heterocycles. The van der Waals surface area contributed by atoms with Gasteiger partial charge in [0.15, 0.2) is 5.75 Å². The number of carbonyl (C=O) groups excluding carboxylic acids is 1. The van der Waals surface area contributed by atoms with Crippen molar-refractivity contribution in [3.63, 3.8) is 0 Å². The number of hydrogen-bond acceptors (Lipinski definition) is 1. The Balaban J connectivity index is 0.000000741. The number of ketones is 1. The van der Waals surface area contributed by atoms with Crippen LogP contribution in [0.2, 0.25) is 0 Å². The van der Waals surface area contributed by atoms with Crippen LogP contribution in [0.5, 0.6) is 0 Å². The Morgan fingerprint density at radius 2 is 1.47 bits per heavy atom. The summed E-state index contributed by atoms with van der Waals surface area (Å²) in [5, 5.41) is 0. The van der Waals surface area contributed by atoms with Gasteiger partial charge in [0.2, 0.25) is 5.78 Å². The van der Waals surface area contributed by atoms with Crippen LogP contribution in [-0.4, -0.2) is 23.0 Å². The van der Waals surface area contributed by atoms with Crippen molar-refractivity contribution in [2.24, 2.45) is 0 Å². The fraction of sp³-hybridized carbons (Fsp3) is 0.588. The second-order valence-electron chi connectivity index (χ2n) is 4.16. The first-order valence-electron chi connectivity index (χ1n) is 7.50. The van der Waals surface area contributed by atoms with Crippen molar-refractivity contribution in [3.05, 3.63) is 35.4 Å². The summed E-state index contributed by atoms with van der Waals surface area (Å²) in [7, 11) is 0.387. The third kappa shape index (κ3) is 6.81. The highest BCUT2D eigenvalue weighted by Gasteiger charge is 2.27. The maximum Gasteiger partial charge on any atom is 0.211 e. The van der Waals surface area contributed by atoms with Gasteiger partial charge < -0.3 is 0 Å². The van der Waals surface area contributed by atoms with Gasteiger partial charge in [-0.25, -0.2) is 0 Å². The maximum atomic E-state index is 11.9. The zero-order valence-electron chi connectivity index (χ0n) is 13.2. The second-order valence-corrected chi connectivity index (χ2v) is 6.49. The summed E-state index contributed by atoms with van der Waals surface area (Å²) in [5.74, 6) is 3.67. The largest absolute Gasteiger partial charge is 0.289 e. The summed E-state index contributed by atoms with van der Waals surface area (Å²) in [4.78, 5) is 11.9. The Morgan fingerprint density at radius 3 is 1.95 bits per heavy atom. The predicted molar refractivity (Wildman–Crippen MR) is 89.4 cm³/mol. The van der Waals surface area contributed by atoms with Crippen molar-refractivity contribution in [3.8, 4) is 0 Å². The van der Waals surface area contributed by atoms with Gasteiger partial charge >= 0.3 is 0 Å². The molecule has 0 bridgehead atoms. The molecule has 0 saturated carbocycles. The lowest BCUT2D eigenvalue weighted by Crippen LogP contribution is -2.17. The van der Waals surface area contributed by atoms with E-state index < -0.39 is 0 Å². The SMILES string of the molecule is CC.CC.Cc1ccc(C(=O)C[S+]2CCCC2)cc1. The van der Waals surface area contributed by atoms with Crippen LogP contribution in [0.25, 0.3) is 0 Å². The molecule has 2 heteroatoms. The summed E-state index contributed by atoms with van der Waals surface area (Å²) in [6, 6.07) is 7.95. The van der Waals surface area contributed by atoms with E-state index >= 15 is 0 Å². The second kappa shape index (κ2) is 11.1. The summed E-state index contributed by atoms with van der Waals surface area (Å²) in [6.07, 6.45) is 2.65. The average molecular weight is 281 g/mol. The molecular weight excluding hydrogens is 252 g/mol. The molecule has 1 fully saturated rings. The standard InChI is InChI=1S/C13H17OS.2C2H6/c1-11-4-6-12(7-5-11)13(14)10-15-8-2-3-9-15;2*1-2/h4-7H,2-3,8-10H2,1H3;2*1-2H3/q+1;;. The minimum Gasteiger partial charge on any atom is -0.289 e. The molecule has 0 atom stereocenters. The van der Waals surface area contributed by atoms with Crippen LogP contribution in [0, 0.1) is 6.92 Å². The molecule has 0 aliphatic carbocycles. The topological polar surface area (TPSA) is 17.1 Å². The van der Waals surface area contributed by atoms with Crippen LogP contribution in [0.4, 0.5) is 0 Å². The monoisotopic (exact) mass is 281 g/mol. The van der Waals surface area contributed by atoms with Gasteiger partial charge in [-0.3, -0.25) is 4.79 Å². The molecule has 1 aromatic carbocycles. The van der Waals surface area contributed by atoms with E-state index in [0.717, 1.165) is 11.3 Å². The van der Waals surface area contributed by atoms with Crippen LogP contribution < -0.4 is 0 Å². The van der Waals surface area contributed by atoms with Gasteiger partial charge in [-0.1, -0.05) is 57.5 Å². The number of aryl methyl sites for hydroxylation is 1. The minimum atomic E-state index is 0.334. The summed E-state index contributed by atoms with van der Waals surface area (Å²) >= 11 is 0. The zero-order chi connectivity index (χ0) is 14.7. The van der Waals surface area contributed by atoms with E-state index in [1.807, 2.05) is 58.9 Å². The van der Waals surface area contributed by atoms with Gasteiger partial charge in [-0.2, -0.15) is 0 Å². The van der Waals surface area contributed by atoms with E-state index in [1.54, 1.807) is 0 Å². The lowest BCUT2D eigenvalue weighted by atomic mass is 10.1. The van der Waals surface area contributed by atoms with Crippen molar-refractivity contribution in [1.82, 2.24) is 0 Å². The van der Waals surface area contributed by atoms with Crippen molar-refractivity contribution in [2.75, 3.05) is 17.3 Å². The molecule has 1 saturated heterocycles. The molecule has 1 aliphatic rings. The van der Waals surface area contributed by atoms with E-state index in [4.69, 9.17) is 0 Å². The molecule has 0 radical (unpaired) electrons. The van der Waals surface area contributed by atoms with Crippen molar-refractivity contribution in [2.45, 2.75) is 47.5 Å². The molecular formula is C17H29OS+. The molecule has 1 nitrogen and oxygen atoms in total. The lowest BCUT2D eigenvalue weighted by molar-refractivity contribution is 0.102. The van der Waals surface area contributed by atoms with Crippen LogP contribution in [0.3, 0.4) is 0 Å². The number of benzene rings is 1. The van der Waals surface area contributed by atoms with Crippen LogP contribution in [0.15, 0.2) is 24.3 Å². The Kier molecular flexibility index (Phi) is 10.7. The van der Waals surface area contributed by atoms with E-state index in [-0.39, 0.29) is 0 Å². The number of hydrogen-bond donors (Lipinski definition) is 0. The Hall–Kier alpha value is -0.760. The summed E-state index contributed by atoms with van der Waals surface area (Å²) in [6.45, 7) is 10.0. The van der Waals surface area contributed by atoms with Crippen molar-refractivity contribution < 1.29 is 4.79 Å². The minimum absolute atomic E-state index is 0.334. The molecule has 19 heavy (non-hydrogen) atoms. The van der Waals surface area contributed by atoms with Gasteiger partial charge in [0.05, 0.1) is 0 Å². The normalized spacial score (nSPS) is 13.9. The number of carbonyl (C=O) groups is 1. The van der Waals surface area contributed by atoms with E-state index in [9.17, 15) is 4.79 Å². The van der Waals surface area contributed by atoms with Crippen LogP contribution >= 0.6 is 0 Å². The Morgan fingerprint density at radius 1 is 1.00 bits per heavy atom. The van der Waals surface area contributed by atoms with Gasteiger partial charge in [0.1, 0.15) is 11.5 Å². The summed E-state index contributed by atoms with van der Waals surface area (Å²) < 4.78 is 0. The molecule has 1 heterocycles. The molecule has 2 rings (SSSR count). The number of Topliss-reactive ketones (excluding diaryl/α,β-unsaturated/α-hetero) is 1. The highest BCUT2D eigenvalue weighted by Crippen LogP contribution is 2.15. The quantitative estimate of drug-likeness (QED) is 0.582. The zero-order valence-corrected chi connectivity index (χ0v) is 14.0. The molecule has 0 amide bonds. The fourth-order valence-electron chi connectivity index (χ4n) is 1.87. The third-order valence-corrected chi connectivity index (χ3v) is 5.23. The first-order chi connectivity index (χ1) is 9.25. The molecule has 108 valence electrons. The predicted octanol–water partition coefficient (Wildman–Crippen LogP) is 4.64. The maximum absolute atomic E-state index is 11.9. The van der Waals surface area contributed by atoms with E-state index in [0.29, 0.717) is 16.7 Å². The van der Waals surface area contributed by atoms with E-state index in [2.05, 4.69) is 0 Å².